The molecule has 188 valence electrons. The van der Waals surface area contributed by atoms with Gasteiger partial charge in [0.05, 0.1) is 6.61 Å². The van der Waals surface area contributed by atoms with Gasteiger partial charge in [0, 0.05) is 36.8 Å². The number of hydrogen-bond acceptors (Lipinski definition) is 7. The molecular formula is C28H34N6O2. The van der Waals surface area contributed by atoms with Gasteiger partial charge in [-0.05, 0) is 69.3 Å². The molecule has 3 aromatic heterocycles. The molecule has 1 saturated carbocycles. The Labute approximate surface area is 211 Å². The number of nitrogens with zero attached hydrogens (tertiary/aromatic N) is 5. The summed E-state index contributed by atoms with van der Waals surface area (Å²) < 4.78 is 7.96. The second-order valence-electron chi connectivity index (χ2n) is 10.4. The summed E-state index contributed by atoms with van der Waals surface area (Å²) in [5.74, 6) is 2.27. The highest BCUT2D eigenvalue weighted by atomic mass is 16.5. The Kier molecular flexibility index (Phi) is 6.33. The van der Waals surface area contributed by atoms with E-state index >= 15 is 0 Å². The molecule has 1 aliphatic carbocycles. The Balaban J connectivity index is 1.27. The van der Waals surface area contributed by atoms with E-state index in [9.17, 15) is 5.11 Å². The molecule has 6 rings (SSSR count). The number of para-hydroxylation sites is 1. The summed E-state index contributed by atoms with van der Waals surface area (Å²) in [4.78, 5) is 7.47. The van der Waals surface area contributed by atoms with Crippen molar-refractivity contribution in [3.8, 4) is 17.3 Å². The summed E-state index contributed by atoms with van der Waals surface area (Å²) in [6.45, 7) is 7.44. The second kappa shape index (κ2) is 9.76. The minimum atomic E-state index is -0.312. The molecule has 8 heteroatoms. The topological polar surface area (TPSA) is 87.8 Å². The molecule has 3 atom stereocenters. The first-order chi connectivity index (χ1) is 17.6. The number of rotatable bonds is 9. The van der Waals surface area contributed by atoms with Crippen molar-refractivity contribution in [2.75, 3.05) is 26.2 Å². The average molecular weight is 487 g/mol. The van der Waals surface area contributed by atoms with E-state index in [1.165, 1.54) is 31.4 Å². The summed E-state index contributed by atoms with van der Waals surface area (Å²) in [6.07, 6.45) is 5.83. The van der Waals surface area contributed by atoms with Gasteiger partial charge in [0.15, 0.2) is 11.5 Å². The van der Waals surface area contributed by atoms with Crippen molar-refractivity contribution in [2.24, 2.45) is 5.92 Å². The fourth-order valence-electron chi connectivity index (χ4n) is 5.09. The van der Waals surface area contributed by atoms with E-state index in [2.05, 4.69) is 39.6 Å². The van der Waals surface area contributed by atoms with Gasteiger partial charge < -0.3 is 15.2 Å². The maximum absolute atomic E-state index is 9.43. The first-order valence-corrected chi connectivity index (χ1v) is 13.1. The lowest BCUT2D eigenvalue weighted by molar-refractivity contribution is 0.131. The minimum Gasteiger partial charge on any atom is -0.486 e. The van der Waals surface area contributed by atoms with Crippen LogP contribution in [-0.2, 0) is 0 Å². The normalized spacial score (nSPS) is 20.2. The fourth-order valence-corrected chi connectivity index (χ4v) is 5.09. The van der Waals surface area contributed by atoms with Crippen LogP contribution in [0.4, 0.5) is 0 Å². The molecule has 1 aliphatic heterocycles. The van der Waals surface area contributed by atoms with E-state index in [0.29, 0.717) is 23.7 Å². The second-order valence-corrected chi connectivity index (χ2v) is 10.4. The van der Waals surface area contributed by atoms with Gasteiger partial charge in [-0.2, -0.15) is 0 Å². The standard InChI is InChI=1S/C28H34N6O2/c1-18(17-35)36-25-5-3-4-21-8-10-24(30-27(21)25)28-32-31-26-11-9-22(15-34(26)28)19(2)33-13-12-23(16-33)29-14-20-6-7-20/h3-5,8-11,15,18-20,23,29,35H,6-7,12-14,16-17H2,1-2H3/t18-,19+,23+/m1/s1. The van der Waals surface area contributed by atoms with E-state index in [1.807, 2.05) is 47.7 Å². The predicted molar refractivity (Wildman–Crippen MR) is 140 cm³/mol. The van der Waals surface area contributed by atoms with Crippen LogP contribution in [0.5, 0.6) is 5.75 Å². The zero-order chi connectivity index (χ0) is 24.6. The van der Waals surface area contributed by atoms with Crippen molar-refractivity contribution in [3.05, 3.63) is 54.2 Å². The maximum Gasteiger partial charge on any atom is 0.187 e. The van der Waals surface area contributed by atoms with Crippen molar-refractivity contribution < 1.29 is 9.84 Å². The van der Waals surface area contributed by atoms with Crippen molar-refractivity contribution >= 4 is 16.6 Å². The number of pyridine rings is 2. The van der Waals surface area contributed by atoms with Crippen LogP contribution in [-0.4, -0.2) is 68.0 Å². The van der Waals surface area contributed by atoms with Crippen LogP contribution in [0.1, 0.15) is 44.7 Å². The predicted octanol–water partition coefficient (Wildman–Crippen LogP) is 3.84. The smallest absolute Gasteiger partial charge is 0.187 e. The lowest BCUT2D eigenvalue weighted by Gasteiger charge is -2.25. The number of aliphatic hydroxyl groups is 1. The Hall–Kier alpha value is -3.07. The summed E-state index contributed by atoms with van der Waals surface area (Å²) in [7, 11) is 0. The SMILES string of the molecule is C[C@H](CO)Oc1cccc2ccc(-c3nnc4ccc([C@H](C)N5CC[C@H](NCC6CC6)C5)cn34)nc12. The highest BCUT2D eigenvalue weighted by molar-refractivity contribution is 5.86. The van der Waals surface area contributed by atoms with E-state index in [4.69, 9.17) is 9.72 Å². The Morgan fingerprint density at radius 3 is 2.81 bits per heavy atom. The first-order valence-electron chi connectivity index (χ1n) is 13.1. The van der Waals surface area contributed by atoms with E-state index in [0.717, 1.165) is 41.3 Å². The number of aliphatic hydroxyl groups excluding tert-OH is 1. The number of likely N-dealkylation sites (tertiary alicyclic amines) is 1. The molecule has 36 heavy (non-hydrogen) atoms. The van der Waals surface area contributed by atoms with Crippen LogP contribution >= 0.6 is 0 Å². The third-order valence-corrected chi connectivity index (χ3v) is 7.56. The van der Waals surface area contributed by atoms with Gasteiger partial charge >= 0.3 is 0 Å². The van der Waals surface area contributed by atoms with E-state index in [1.54, 1.807) is 0 Å². The Morgan fingerprint density at radius 1 is 1.08 bits per heavy atom. The molecule has 0 spiro atoms. The molecule has 2 fully saturated rings. The number of benzene rings is 1. The summed E-state index contributed by atoms with van der Waals surface area (Å²) >= 11 is 0. The van der Waals surface area contributed by atoms with Crippen LogP contribution in [0.2, 0.25) is 0 Å². The number of fused-ring (bicyclic) bond motifs is 2. The van der Waals surface area contributed by atoms with Gasteiger partial charge in [0.25, 0.3) is 0 Å². The van der Waals surface area contributed by atoms with Gasteiger partial charge in [-0.1, -0.05) is 24.3 Å². The summed E-state index contributed by atoms with van der Waals surface area (Å²) in [5.41, 5.74) is 3.52. The molecular weight excluding hydrogens is 452 g/mol. The largest absolute Gasteiger partial charge is 0.486 e. The molecule has 8 nitrogen and oxygen atoms in total. The van der Waals surface area contributed by atoms with Gasteiger partial charge in [0.2, 0.25) is 0 Å². The fraction of sp³-hybridized carbons (Fsp3) is 0.464. The zero-order valence-corrected chi connectivity index (χ0v) is 21.0. The lowest BCUT2D eigenvalue weighted by atomic mass is 10.1. The average Bonchev–Trinajstić information content (AvgIpc) is 3.45. The molecule has 0 unspecified atom stereocenters. The van der Waals surface area contributed by atoms with Crippen molar-refractivity contribution in [1.29, 1.82) is 0 Å². The molecule has 4 aromatic rings. The Morgan fingerprint density at radius 2 is 1.97 bits per heavy atom. The van der Waals surface area contributed by atoms with Crippen molar-refractivity contribution in [3.63, 3.8) is 0 Å². The molecule has 2 N–H and O–H groups in total. The van der Waals surface area contributed by atoms with Gasteiger partial charge in [0.1, 0.15) is 23.1 Å². The molecule has 0 amide bonds. The first kappa shape index (κ1) is 23.3. The number of ether oxygens (including phenoxy) is 1. The molecule has 1 saturated heterocycles. The molecule has 0 bridgehead atoms. The molecule has 0 radical (unpaired) electrons. The van der Waals surface area contributed by atoms with Crippen LogP contribution in [0.3, 0.4) is 0 Å². The molecule has 1 aromatic carbocycles. The van der Waals surface area contributed by atoms with Crippen LogP contribution in [0, 0.1) is 5.92 Å². The third kappa shape index (κ3) is 4.68. The van der Waals surface area contributed by atoms with Crippen molar-refractivity contribution in [2.45, 2.75) is 51.3 Å². The van der Waals surface area contributed by atoms with Crippen molar-refractivity contribution in [1.82, 2.24) is 29.8 Å². The summed E-state index contributed by atoms with van der Waals surface area (Å²) in [6, 6.07) is 14.9. The highest BCUT2D eigenvalue weighted by Crippen LogP contribution is 2.31. The highest BCUT2D eigenvalue weighted by Gasteiger charge is 2.29. The number of aromatic nitrogens is 4. The van der Waals surface area contributed by atoms with Crippen LogP contribution < -0.4 is 10.1 Å². The number of hydrogen-bond donors (Lipinski definition) is 2. The number of nitrogens with one attached hydrogen (secondary N) is 1. The maximum atomic E-state index is 9.43. The van der Waals surface area contributed by atoms with Crippen LogP contribution in [0.15, 0.2) is 48.7 Å². The third-order valence-electron chi connectivity index (χ3n) is 7.56. The molecule has 4 heterocycles. The Bertz CT molecular complexity index is 1370. The van der Waals surface area contributed by atoms with Gasteiger partial charge in [-0.3, -0.25) is 9.30 Å². The van der Waals surface area contributed by atoms with Crippen LogP contribution in [0.25, 0.3) is 28.1 Å². The van der Waals surface area contributed by atoms with Gasteiger partial charge in [-0.25, -0.2) is 4.98 Å². The molecule has 2 aliphatic rings. The van der Waals surface area contributed by atoms with E-state index < -0.39 is 0 Å². The quantitative estimate of drug-likeness (QED) is 0.372. The summed E-state index contributed by atoms with van der Waals surface area (Å²) in [5, 5.41) is 23.1. The van der Waals surface area contributed by atoms with E-state index in [-0.39, 0.29) is 12.7 Å². The zero-order valence-electron chi connectivity index (χ0n) is 21.0. The minimum absolute atomic E-state index is 0.0554. The monoisotopic (exact) mass is 486 g/mol. The van der Waals surface area contributed by atoms with Gasteiger partial charge in [-0.15, -0.1) is 10.2 Å². The lowest BCUT2D eigenvalue weighted by Crippen LogP contribution is -2.34.